The molecule has 0 spiro atoms. The zero-order valence-corrected chi connectivity index (χ0v) is 22.8. The molecule has 1 amide bonds. The van der Waals surface area contributed by atoms with Crippen LogP contribution in [0.1, 0.15) is 44.6 Å². The number of sulfonamides is 2. The first-order chi connectivity index (χ1) is 17.7. The largest absolute Gasteiger partial charge is 0.494 e. The van der Waals surface area contributed by atoms with Crippen molar-refractivity contribution < 1.29 is 26.4 Å². The molecule has 37 heavy (non-hydrogen) atoms. The predicted octanol–water partition coefficient (Wildman–Crippen LogP) is 2.98. The molecule has 1 atom stereocenters. The number of amides is 1. The van der Waals surface area contributed by atoms with Crippen LogP contribution in [-0.2, 0) is 31.4 Å². The van der Waals surface area contributed by atoms with Crippen molar-refractivity contribution >= 4 is 26.0 Å². The molecule has 2 saturated heterocycles. The summed E-state index contributed by atoms with van der Waals surface area (Å²) < 4.78 is 60.2. The third-order valence-corrected chi connectivity index (χ3v) is 10.7. The Balaban J connectivity index is 1.34. The summed E-state index contributed by atoms with van der Waals surface area (Å²) in [4.78, 5) is 13.3. The van der Waals surface area contributed by atoms with Gasteiger partial charge in [-0.05, 0) is 74.6 Å². The number of carbonyl (C=O) groups is 1. The minimum absolute atomic E-state index is 0.119. The molecule has 1 unspecified atom stereocenters. The summed E-state index contributed by atoms with van der Waals surface area (Å²) in [5.41, 5.74) is 0.778. The van der Waals surface area contributed by atoms with Crippen LogP contribution in [0, 0.1) is 5.92 Å². The highest BCUT2D eigenvalue weighted by atomic mass is 32.2. The Morgan fingerprint density at radius 3 is 2.03 bits per heavy atom. The molecule has 0 aliphatic carbocycles. The van der Waals surface area contributed by atoms with Gasteiger partial charge in [-0.3, -0.25) is 4.79 Å². The highest BCUT2D eigenvalue weighted by molar-refractivity contribution is 7.89. The second-order valence-electron chi connectivity index (χ2n) is 9.43. The lowest BCUT2D eigenvalue weighted by Crippen LogP contribution is -2.45. The van der Waals surface area contributed by atoms with Crippen molar-refractivity contribution in [3.05, 3.63) is 54.1 Å². The topological polar surface area (TPSA) is 113 Å². The predicted molar refractivity (Wildman–Crippen MR) is 140 cm³/mol. The zero-order chi connectivity index (χ0) is 26.5. The third kappa shape index (κ3) is 6.51. The lowest BCUT2D eigenvalue weighted by Gasteiger charge is -2.31. The fourth-order valence-electron chi connectivity index (χ4n) is 4.77. The summed E-state index contributed by atoms with van der Waals surface area (Å²) >= 11 is 0. The lowest BCUT2D eigenvalue weighted by molar-refractivity contribution is -0.126. The van der Waals surface area contributed by atoms with E-state index in [9.17, 15) is 21.6 Å². The van der Waals surface area contributed by atoms with Crippen LogP contribution < -0.4 is 10.1 Å². The number of hydrogen-bond acceptors (Lipinski definition) is 6. The first-order valence-electron chi connectivity index (χ1n) is 12.8. The van der Waals surface area contributed by atoms with Gasteiger partial charge in [-0.1, -0.05) is 18.6 Å². The molecule has 202 valence electrons. The zero-order valence-electron chi connectivity index (χ0n) is 21.1. The van der Waals surface area contributed by atoms with E-state index in [-0.39, 0.29) is 28.8 Å². The van der Waals surface area contributed by atoms with Crippen LogP contribution in [0.2, 0.25) is 0 Å². The monoisotopic (exact) mass is 549 g/mol. The van der Waals surface area contributed by atoms with Gasteiger partial charge in [0.25, 0.3) is 0 Å². The summed E-state index contributed by atoms with van der Waals surface area (Å²) in [6, 6.07) is 12.9. The third-order valence-electron chi connectivity index (χ3n) is 6.87. The highest BCUT2D eigenvalue weighted by Crippen LogP contribution is 2.26. The molecule has 4 rings (SSSR count). The normalized spacial score (nSPS) is 19.9. The van der Waals surface area contributed by atoms with Gasteiger partial charge in [0, 0.05) is 32.7 Å². The average Bonchev–Trinajstić information content (AvgIpc) is 2.93. The highest BCUT2D eigenvalue weighted by Gasteiger charge is 2.33. The van der Waals surface area contributed by atoms with Crippen LogP contribution in [0.5, 0.6) is 5.75 Å². The molecule has 1 N–H and O–H groups in total. The number of piperidine rings is 2. The molecular weight excluding hydrogens is 514 g/mol. The Bertz CT molecular complexity index is 1270. The Kier molecular flexibility index (Phi) is 8.89. The summed E-state index contributed by atoms with van der Waals surface area (Å²) in [6.45, 7) is 4.18. The Labute approximate surface area is 219 Å². The smallest absolute Gasteiger partial charge is 0.243 e. The quantitative estimate of drug-likeness (QED) is 0.515. The van der Waals surface area contributed by atoms with Crippen LogP contribution >= 0.6 is 0 Å². The first kappa shape index (κ1) is 27.6. The van der Waals surface area contributed by atoms with Gasteiger partial charge in [0.1, 0.15) is 5.75 Å². The first-order valence-corrected chi connectivity index (χ1v) is 15.7. The van der Waals surface area contributed by atoms with Gasteiger partial charge >= 0.3 is 0 Å². The number of ether oxygens (including phenoxy) is 1. The summed E-state index contributed by atoms with van der Waals surface area (Å²) in [5, 5.41) is 2.89. The van der Waals surface area contributed by atoms with Gasteiger partial charge in [0.2, 0.25) is 26.0 Å². The Morgan fingerprint density at radius 1 is 0.838 bits per heavy atom. The van der Waals surface area contributed by atoms with Crippen LogP contribution in [0.15, 0.2) is 58.3 Å². The molecular formula is C26H35N3O6S2. The van der Waals surface area contributed by atoms with Crippen LogP contribution in [-0.4, -0.2) is 64.1 Å². The van der Waals surface area contributed by atoms with Gasteiger partial charge in [0.05, 0.1) is 22.3 Å². The second kappa shape index (κ2) is 11.9. The second-order valence-corrected chi connectivity index (χ2v) is 13.3. The number of benzene rings is 2. The molecule has 11 heteroatoms. The van der Waals surface area contributed by atoms with Gasteiger partial charge in [-0.2, -0.15) is 8.61 Å². The van der Waals surface area contributed by atoms with E-state index in [1.54, 1.807) is 36.4 Å². The van der Waals surface area contributed by atoms with Crippen molar-refractivity contribution in [3.8, 4) is 5.75 Å². The average molecular weight is 550 g/mol. The summed E-state index contributed by atoms with van der Waals surface area (Å²) in [6.07, 6.45) is 4.01. The minimum atomic E-state index is -3.72. The van der Waals surface area contributed by atoms with E-state index >= 15 is 0 Å². The maximum Gasteiger partial charge on any atom is 0.243 e. The lowest BCUT2D eigenvalue weighted by atomic mass is 9.99. The maximum atomic E-state index is 13.1. The summed E-state index contributed by atoms with van der Waals surface area (Å²) in [5.74, 6) is -0.0592. The van der Waals surface area contributed by atoms with E-state index in [1.807, 2.05) is 6.92 Å². The number of nitrogens with zero attached hydrogens (tertiary/aromatic N) is 2. The van der Waals surface area contributed by atoms with E-state index in [4.69, 9.17) is 4.74 Å². The molecule has 2 aliphatic heterocycles. The van der Waals surface area contributed by atoms with Gasteiger partial charge in [0.15, 0.2) is 0 Å². The van der Waals surface area contributed by atoms with Crippen LogP contribution in [0.25, 0.3) is 0 Å². The van der Waals surface area contributed by atoms with Crippen molar-refractivity contribution in [1.29, 1.82) is 0 Å². The van der Waals surface area contributed by atoms with Crippen LogP contribution in [0.3, 0.4) is 0 Å². The van der Waals surface area contributed by atoms with Crippen molar-refractivity contribution in [1.82, 2.24) is 13.9 Å². The standard InChI is InChI=1S/C26H35N3O6S2/c1-2-35-23-10-14-25(15-11-23)37(33,34)29-18-6-7-22(20-29)26(30)27-19-21-8-12-24(13-9-21)36(31,32)28-16-4-3-5-17-28/h8-15,22H,2-7,16-20H2,1H3,(H,27,30). The fraction of sp³-hybridized carbons (Fsp3) is 0.500. The molecule has 2 fully saturated rings. The van der Waals surface area contributed by atoms with E-state index in [0.717, 1.165) is 24.8 Å². The van der Waals surface area contributed by atoms with Crippen molar-refractivity contribution in [2.75, 3.05) is 32.8 Å². The van der Waals surface area contributed by atoms with E-state index in [1.165, 1.54) is 20.7 Å². The molecule has 0 saturated carbocycles. The van der Waals surface area contributed by atoms with E-state index < -0.39 is 26.0 Å². The Morgan fingerprint density at radius 2 is 1.41 bits per heavy atom. The molecule has 9 nitrogen and oxygen atoms in total. The van der Waals surface area contributed by atoms with E-state index in [2.05, 4.69) is 5.32 Å². The van der Waals surface area contributed by atoms with Crippen molar-refractivity contribution in [2.24, 2.45) is 5.92 Å². The summed E-state index contributed by atoms with van der Waals surface area (Å²) in [7, 11) is -7.22. The Hall–Kier alpha value is -2.47. The molecule has 2 aromatic carbocycles. The van der Waals surface area contributed by atoms with Crippen LogP contribution in [0.4, 0.5) is 0 Å². The fourth-order valence-corrected chi connectivity index (χ4v) is 7.81. The van der Waals surface area contributed by atoms with Crippen molar-refractivity contribution in [2.45, 2.75) is 55.4 Å². The number of rotatable bonds is 9. The SMILES string of the molecule is CCOc1ccc(S(=O)(=O)N2CCCC(C(=O)NCc3ccc(S(=O)(=O)N4CCCCC4)cc3)C2)cc1. The molecule has 0 bridgehead atoms. The maximum absolute atomic E-state index is 13.1. The number of hydrogen-bond donors (Lipinski definition) is 1. The molecule has 2 heterocycles. The molecule has 0 aromatic heterocycles. The molecule has 2 aromatic rings. The molecule has 0 radical (unpaired) electrons. The number of carbonyl (C=O) groups excluding carboxylic acids is 1. The minimum Gasteiger partial charge on any atom is -0.494 e. The van der Waals surface area contributed by atoms with Crippen molar-refractivity contribution in [3.63, 3.8) is 0 Å². The van der Waals surface area contributed by atoms with E-state index in [0.29, 0.717) is 44.8 Å². The van der Waals surface area contributed by atoms with Gasteiger partial charge in [-0.25, -0.2) is 16.8 Å². The number of nitrogens with one attached hydrogen (secondary N) is 1. The van der Waals surface area contributed by atoms with Gasteiger partial charge in [-0.15, -0.1) is 0 Å². The molecule has 2 aliphatic rings. The van der Waals surface area contributed by atoms with Gasteiger partial charge < -0.3 is 10.1 Å².